The summed E-state index contributed by atoms with van der Waals surface area (Å²) in [5, 5.41) is 9.97. The molecule has 1 saturated heterocycles. The van der Waals surface area contributed by atoms with E-state index < -0.39 is 0 Å². The van der Waals surface area contributed by atoms with Crippen molar-refractivity contribution < 1.29 is 5.11 Å². The molecule has 0 aromatic carbocycles. The van der Waals surface area contributed by atoms with Gasteiger partial charge in [0.2, 0.25) is 0 Å². The lowest BCUT2D eigenvalue weighted by Crippen LogP contribution is -2.27. The molecule has 4 heteroatoms. The molecule has 1 saturated carbocycles. The molecule has 18 heavy (non-hydrogen) atoms. The topological polar surface area (TPSA) is 62.4 Å². The van der Waals surface area contributed by atoms with E-state index in [0.29, 0.717) is 11.8 Å². The third kappa shape index (κ3) is 1.89. The standard InChI is InChI=1S/C14H21N3O/c1-9(15)11-3-2-6-16-14(11)17-7-10-4-5-13(18)12(10)8-17/h2-3,6,9-10,12-13,18H,4-5,7-8,15H2,1H3. The second-order valence-corrected chi connectivity index (χ2v) is 5.68. The Morgan fingerprint density at radius 2 is 2.28 bits per heavy atom. The Morgan fingerprint density at radius 3 is 3.00 bits per heavy atom. The first-order valence-corrected chi connectivity index (χ1v) is 6.80. The summed E-state index contributed by atoms with van der Waals surface area (Å²) in [4.78, 5) is 6.80. The number of hydrogen-bond donors (Lipinski definition) is 2. The van der Waals surface area contributed by atoms with Crippen molar-refractivity contribution in [3.63, 3.8) is 0 Å². The fraction of sp³-hybridized carbons (Fsp3) is 0.643. The summed E-state index contributed by atoms with van der Waals surface area (Å²) in [6, 6.07) is 3.99. The van der Waals surface area contributed by atoms with Crippen LogP contribution in [0.15, 0.2) is 18.3 Å². The molecule has 2 aliphatic rings. The van der Waals surface area contributed by atoms with Crippen molar-refractivity contribution >= 4 is 5.82 Å². The maximum atomic E-state index is 9.97. The molecule has 1 aromatic rings. The van der Waals surface area contributed by atoms with Gasteiger partial charge in [0.05, 0.1) is 6.10 Å². The summed E-state index contributed by atoms with van der Waals surface area (Å²) in [6.45, 7) is 3.92. The van der Waals surface area contributed by atoms with Crippen LogP contribution in [0, 0.1) is 11.8 Å². The third-order valence-corrected chi connectivity index (χ3v) is 4.43. The van der Waals surface area contributed by atoms with Crippen LogP contribution in [0.2, 0.25) is 0 Å². The van der Waals surface area contributed by atoms with Crippen LogP contribution in [-0.4, -0.2) is 29.3 Å². The minimum Gasteiger partial charge on any atom is -0.393 e. The van der Waals surface area contributed by atoms with Crippen molar-refractivity contribution in [3.05, 3.63) is 23.9 Å². The first-order valence-electron chi connectivity index (χ1n) is 6.80. The van der Waals surface area contributed by atoms with E-state index >= 15 is 0 Å². The lowest BCUT2D eigenvalue weighted by atomic mass is 10.00. The molecule has 2 fully saturated rings. The number of fused-ring (bicyclic) bond motifs is 1. The normalized spacial score (nSPS) is 32.6. The Labute approximate surface area is 108 Å². The molecule has 0 bridgehead atoms. The SMILES string of the molecule is CC(N)c1cccnc1N1CC2CCC(O)C2C1. The second-order valence-electron chi connectivity index (χ2n) is 5.68. The van der Waals surface area contributed by atoms with Gasteiger partial charge < -0.3 is 15.7 Å². The number of pyridine rings is 1. The van der Waals surface area contributed by atoms with Crippen molar-refractivity contribution in [2.24, 2.45) is 17.6 Å². The molecule has 0 spiro atoms. The summed E-state index contributed by atoms with van der Waals surface area (Å²) in [7, 11) is 0. The van der Waals surface area contributed by atoms with E-state index in [1.807, 2.05) is 19.2 Å². The Kier molecular flexibility index (Phi) is 2.99. The van der Waals surface area contributed by atoms with Crippen LogP contribution in [0.25, 0.3) is 0 Å². The molecule has 4 unspecified atom stereocenters. The molecule has 3 rings (SSSR count). The van der Waals surface area contributed by atoms with Crippen molar-refractivity contribution in [2.75, 3.05) is 18.0 Å². The summed E-state index contributed by atoms with van der Waals surface area (Å²) in [5.41, 5.74) is 7.11. The van der Waals surface area contributed by atoms with Gasteiger partial charge in [-0.15, -0.1) is 0 Å². The zero-order chi connectivity index (χ0) is 12.7. The number of rotatable bonds is 2. The molecule has 4 atom stereocenters. The van der Waals surface area contributed by atoms with Crippen molar-refractivity contribution in [1.29, 1.82) is 0 Å². The van der Waals surface area contributed by atoms with Gasteiger partial charge in [0.15, 0.2) is 0 Å². The van der Waals surface area contributed by atoms with Crippen LogP contribution in [0.4, 0.5) is 5.82 Å². The predicted octanol–water partition coefficient (Wildman–Crippen LogP) is 1.31. The van der Waals surface area contributed by atoms with E-state index in [4.69, 9.17) is 5.73 Å². The zero-order valence-electron chi connectivity index (χ0n) is 10.8. The molecule has 1 aromatic heterocycles. The molecule has 2 heterocycles. The first-order chi connectivity index (χ1) is 8.66. The van der Waals surface area contributed by atoms with Gasteiger partial charge in [0.1, 0.15) is 5.82 Å². The van der Waals surface area contributed by atoms with Crippen LogP contribution in [0.3, 0.4) is 0 Å². The van der Waals surface area contributed by atoms with Gasteiger partial charge in [0, 0.05) is 36.8 Å². The monoisotopic (exact) mass is 247 g/mol. The second kappa shape index (κ2) is 4.52. The Bertz CT molecular complexity index is 435. The number of nitrogens with zero attached hydrogens (tertiary/aromatic N) is 2. The summed E-state index contributed by atoms with van der Waals surface area (Å²) in [6.07, 6.45) is 3.81. The number of anilines is 1. The summed E-state index contributed by atoms with van der Waals surface area (Å²) < 4.78 is 0. The quantitative estimate of drug-likeness (QED) is 0.827. The molecule has 1 aliphatic carbocycles. The maximum Gasteiger partial charge on any atom is 0.133 e. The van der Waals surface area contributed by atoms with Gasteiger partial charge in [0.25, 0.3) is 0 Å². The van der Waals surface area contributed by atoms with Crippen LogP contribution in [0.1, 0.15) is 31.4 Å². The van der Waals surface area contributed by atoms with E-state index in [0.717, 1.165) is 37.3 Å². The Morgan fingerprint density at radius 1 is 1.44 bits per heavy atom. The van der Waals surface area contributed by atoms with Crippen LogP contribution >= 0.6 is 0 Å². The van der Waals surface area contributed by atoms with E-state index in [9.17, 15) is 5.11 Å². The smallest absolute Gasteiger partial charge is 0.133 e. The molecule has 98 valence electrons. The minimum absolute atomic E-state index is 0.000867. The van der Waals surface area contributed by atoms with Gasteiger partial charge in [-0.1, -0.05) is 6.07 Å². The number of aliphatic hydroxyl groups is 1. The van der Waals surface area contributed by atoms with Gasteiger partial charge in [-0.05, 0) is 31.7 Å². The summed E-state index contributed by atoms with van der Waals surface area (Å²) >= 11 is 0. The molecular formula is C14H21N3O. The Hall–Kier alpha value is -1.13. The molecule has 1 aliphatic heterocycles. The van der Waals surface area contributed by atoms with Crippen molar-refractivity contribution in [1.82, 2.24) is 4.98 Å². The number of hydrogen-bond acceptors (Lipinski definition) is 4. The summed E-state index contributed by atoms with van der Waals surface area (Å²) in [5.74, 6) is 2.06. The fourth-order valence-corrected chi connectivity index (χ4v) is 3.44. The number of aromatic nitrogens is 1. The van der Waals surface area contributed by atoms with E-state index in [1.54, 1.807) is 0 Å². The largest absolute Gasteiger partial charge is 0.393 e. The number of nitrogens with two attached hydrogens (primary N) is 1. The molecule has 4 nitrogen and oxygen atoms in total. The average molecular weight is 247 g/mol. The van der Waals surface area contributed by atoms with Gasteiger partial charge in [-0.2, -0.15) is 0 Å². The van der Waals surface area contributed by atoms with E-state index in [2.05, 4.69) is 16.0 Å². The third-order valence-electron chi connectivity index (χ3n) is 4.43. The molecule has 0 radical (unpaired) electrons. The lowest BCUT2D eigenvalue weighted by molar-refractivity contribution is 0.133. The lowest BCUT2D eigenvalue weighted by Gasteiger charge is -2.23. The zero-order valence-corrected chi connectivity index (χ0v) is 10.8. The van der Waals surface area contributed by atoms with Crippen molar-refractivity contribution in [3.8, 4) is 0 Å². The first kappa shape index (κ1) is 11.9. The Balaban J connectivity index is 1.85. The highest BCUT2D eigenvalue weighted by molar-refractivity contribution is 5.49. The van der Waals surface area contributed by atoms with Gasteiger partial charge in [-0.3, -0.25) is 0 Å². The number of aliphatic hydroxyl groups excluding tert-OH is 1. The van der Waals surface area contributed by atoms with Crippen LogP contribution < -0.4 is 10.6 Å². The average Bonchev–Trinajstić information content (AvgIpc) is 2.92. The molecular weight excluding hydrogens is 226 g/mol. The van der Waals surface area contributed by atoms with Crippen molar-refractivity contribution in [2.45, 2.75) is 31.9 Å². The molecule has 3 N–H and O–H groups in total. The highest BCUT2D eigenvalue weighted by atomic mass is 16.3. The van der Waals surface area contributed by atoms with Crippen LogP contribution in [0.5, 0.6) is 0 Å². The minimum atomic E-state index is -0.123. The van der Waals surface area contributed by atoms with Gasteiger partial charge >= 0.3 is 0 Å². The van der Waals surface area contributed by atoms with E-state index in [-0.39, 0.29) is 12.1 Å². The van der Waals surface area contributed by atoms with Gasteiger partial charge in [-0.25, -0.2) is 4.98 Å². The van der Waals surface area contributed by atoms with Crippen LogP contribution in [-0.2, 0) is 0 Å². The maximum absolute atomic E-state index is 9.97. The highest BCUT2D eigenvalue weighted by Crippen LogP contribution is 2.40. The highest BCUT2D eigenvalue weighted by Gasteiger charge is 2.42. The molecule has 0 amide bonds. The fourth-order valence-electron chi connectivity index (χ4n) is 3.44. The predicted molar refractivity (Wildman–Crippen MR) is 71.3 cm³/mol. The van der Waals surface area contributed by atoms with E-state index in [1.165, 1.54) is 0 Å².